The molecule has 1 aliphatic rings. The number of likely N-dealkylation sites (N-methyl/N-ethyl adjacent to an activating group) is 1. The summed E-state index contributed by atoms with van der Waals surface area (Å²) in [6.45, 7) is 0.649. The summed E-state index contributed by atoms with van der Waals surface area (Å²) in [6.07, 6.45) is 8.44. The van der Waals surface area contributed by atoms with Gasteiger partial charge in [0, 0.05) is 24.4 Å². The molecule has 0 amide bonds. The van der Waals surface area contributed by atoms with Crippen LogP contribution in [0.5, 0.6) is 0 Å². The summed E-state index contributed by atoms with van der Waals surface area (Å²) in [4.78, 5) is 4.04. The van der Waals surface area contributed by atoms with Gasteiger partial charge in [0.15, 0.2) is 0 Å². The van der Waals surface area contributed by atoms with Crippen molar-refractivity contribution < 1.29 is 4.65 Å². The minimum atomic E-state index is -0.220. The molecule has 1 unspecified atom stereocenters. The molecule has 0 radical (unpaired) electrons. The summed E-state index contributed by atoms with van der Waals surface area (Å²) in [5, 5.41) is 12.1. The number of hydroxylamine groups is 3. The Hall–Kier alpha value is -1.19. The Labute approximate surface area is 83.9 Å². The second kappa shape index (κ2) is 3.52. The van der Waals surface area contributed by atoms with Gasteiger partial charge in [0.1, 0.15) is 6.04 Å². The van der Waals surface area contributed by atoms with E-state index >= 15 is 0 Å². The van der Waals surface area contributed by atoms with E-state index in [1.165, 1.54) is 0 Å². The lowest BCUT2D eigenvalue weighted by Gasteiger charge is -2.46. The van der Waals surface area contributed by atoms with Crippen LogP contribution >= 0.6 is 0 Å². The maximum Gasteiger partial charge on any atom is 0.134 e. The molecule has 14 heavy (non-hydrogen) atoms. The number of quaternary nitrogens is 1. The van der Waals surface area contributed by atoms with Crippen LogP contribution in [0.1, 0.15) is 18.0 Å². The van der Waals surface area contributed by atoms with Gasteiger partial charge < -0.3 is 9.85 Å². The Morgan fingerprint density at radius 1 is 1.57 bits per heavy atom. The molecule has 0 saturated carbocycles. The molecule has 0 aromatic carbocycles. The highest BCUT2D eigenvalue weighted by atomic mass is 16.5. The van der Waals surface area contributed by atoms with Gasteiger partial charge in [0.25, 0.3) is 0 Å². The second-order valence-electron chi connectivity index (χ2n) is 3.85. The Morgan fingerprint density at radius 2 is 2.43 bits per heavy atom. The van der Waals surface area contributed by atoms with Crippen molar-refractivity contribution in [3.8, 4) is 0 Å². The summed E-state index contributed by atoms with van der Waals surface area (Å²) in [6, 6.07) is 3.75. The molecule has 2 heterocycles. The number of aromatic nitrogens is 1. The summed E-state index contributed by atoms with van der Waals surface area (Å²) in [5.41, 5.74) is 1.00. The van der Waals surface area contributed by atoms with Crippen LogP contribution in [0.3, 0.4) is 0 Å². The first-order valence-corrected chi connectivity index (χ1v) is 4.83. The lowest BCUT2D eigenvalue weighted by Crippen LogP contribution is -2.42. The van der Waals surface area contributed by atoms with Crippen molar-refractivity contribution in [2.45, 2.75) is 12.5 Å². The molecule has 1 aliphatic heterocycles. The lowest BCUT2D eigenvalue weighted by atomic mass is 10.0. The molecule has 74 valence electrons. The van der Waals surface area contributed by atoms with Crippen LogP contribution in [-0.2, 0) is 0 Å². The molecule has 0 spiro atoms. The van der Waals surface area contributed by atoms with Gasteiger partial charge >= 0.3 is 0 Å². The Kier molecular flexibility index (Phi) is 2.35. The Bertz CT molecular complexity index is 332. The van der Waals surface area contributed by atoms with Gasteiger partial charge in [0.2, 0.25) is 0 Å². The van der Waals surface area contributed by atoms with Gasteiger partial charge in [-0.2, -0.15) is 0 Å². The minimum absolute atomic E-state index is 0.0857. The standard InChI is InChI=1S/C11H14N2O/c1-13(14)8-3-2-6-11(13)10-5-4-7-12-9-10/h2,4-7,9,11H,3,8H2,1H3/t11-,13?/m1/s1. The van der Waals surface area contributed by atoms with Gasteiger partial charge in [-0.25, -0.2) is 0 Å². The summed E-state index contributed by atoms with van der Waals surface area (Å²) in [7, 11) is 1.72. The van der Waals surface area contributed by atoms with E-state index in [0.29, 0.717) is 6.54 Å². The average Bonchev–Trinajstić information content (AvgIpc) is 2.18. The zero-order valence-electron chi connectivity index (χ0n) is 8.26. The third kappa shape index (κ3) is 1.69. The molecule has 0 N–H and O–H groups in total. The first-order valence-electron chi connectivity index (χ1n) is 4.83. The van der Waals surface area contributed by atoms with Crippen LogP contribution < -0.4 is 0 Å². The molecule has 0 saturated heterocycles. The maximum absolute atomic E-state index is 12.1. The Balaban J connectivity index is 2.33. The van der Waals surface area contributed by atoms with Crippen LogP contribution in [0.4, 0.5) is 0 Å². The van der Waals surface area contributed by atoms with Crippen LogP contribution in [-0.4, -0.2) is 23.2 Å². The van der Waals surface area contributed by atoms with E-state index in [2.05, 4.69) is 11.1 Å². The number of pyridine rings is 1. The smallest absolute Gasteiger partial charge is 0.134 e. The lowest BCUT2D eigenvalue weighted by molar-refractivity contribution is -0.886. The largest absolute Gasteiger partial charge is 0.632 e. The number of hydrogen-bond acceptors (Lipinski definition) is 2. The van der Waals surface area contributed by atoms with E-state index in [1.54, 1.807) is 19.4 Å². The molecule has 0 aliphatic carbocycles. The predicted octanol–water partition coefficient (Wildman–Crippen LogP) is 2.03. The molecule has 3 heteroatoms. The summed E-state index contributed by atoms with van der Waals surface area (Å²) >= 11 is 0. The fourth-order valence-electron chi connectivity index (χ4n) is 1.85. The predicted molar refractivity (Wildman–Crippen MR) is 55.2 cm³/mol. The van der Waals surface area contributed by atoms with Crippen molar-refractivity contribution >= 4 is 0 Å². The number of nitrogens with zero attached hydrogens (tertiary/aromatic N) is 2. The van der Waals surface area contributed by atoms with E-state index in [0.717, 1.165) is 12.0 Å². The van der Waals surface area contributed by atoms with Crippen molar-refractivity contribution in [2.75, 3.05) is 13.6 Å². The van der Waals surface area contributed by atoms with Gasteiger partial charge in [-0.1, -0.05) is 6.08 Å². The summed E-state index contributed by atoms with van der Waals surface area (Å²) < 4.78 is -0.220. The van der Waals surface area contributed by atoms with Gasteiger partial charge in [-0.05, 0) is 18.2 Å². The molecule has 2 rings (SSSR count). The zero-order valence-corrected chi connectivity index (χ0v) is 8.26. The third-order valence-electron chi connectivity index (χ3n) is 2.67. The second-order valence-corrected chi connectivity index (χ2v) is 3.85. The molecule has 2 atom stereocenters. The summed E-state index contributed by atoms with van der Waals surface area (Å²) in [5.74, 6) is 0. The van der Waals surface area contributed by atoms with Crippen molar-refractivity contribution in [1.82, 2.24) is 4.98 Å². The van der Waals surface area contributed by atoms with Gasteiger partial charge in [-0.3, -0.25) is 4.98 Å². The number of rotatable bonds is 1. The van der Waals surface area contributed by atoms with E-state index in [-0.39, 0.29) is 10.7 Å². The minimum Gasteiger partial charge on any atom is -0.632 e. The molecular weight excluding hydrogens is 176 g/mol. The molecule has 3 nitrogen and oxygen atoms in total. The normalized spacial score (nSPS) is 31.7. The fraction of sp³-hybridized carbons (Fsp3) is 0.364. The molecule has 0 fully saturated rings. The zero-order chi connectivity index (χ0) is 10.0. The van der Waals surface area contributed by atoms with E-state index in [1.807, 2.05) is 18.2 Å². The van der Waals surface area contributed by atoms with Crippen molar-refractivity contribution in [3.05, 3.63) is 47.4 Å². The van der Waals surface area contributed by atoms with Crippen LogP contribution in [0.25, 0.3) is 0 Å². The topological polar surface area (TPSA) is 36.0 Å². The van der Waals surface area contributed by atoms with Crippen LogP contribution in [0, 0.1) is 5.21 Å². The molecule has 1 aromatic heterocycles. The van der Waals surface area contributed by atoms with Crippen molar-refractivity contribution in [2.24, 2.45) is 0 Å². The first kappa shape index (κ1) is 9.37. The molecule has 1 aromatic rings. The van der Waals surface area contributed by atoms with Gasteiger partial charge in [-0.15, -0.1) is 0 Å². The highest BCUT2D eigenvalue weighted by molar-refractivity contribution is 5.18. The fourth-order valence-corrected chi connectivity index (χ4v) is 1.85. The molecular formula is C11H14N2O. The van der Waals surface area contributed by atoms with E-state index in [9.17, 15) is 5.21 Å². The van der Waals surface area contributed by atoms with E-state index < -0.39 is 0 Å². The van der Waals surface area contributed by atoms with E-state index in [4.69, 9.17) is 0 Å². The monoisotopic (exact) mass is 190 g/mol. The van der Waals surface area contributed by atoms with Gasteiger partial charge in [0.05, 0.1) is 13.6 Å². The highest BCUT2D eigenvalue weighted by Gasteiger charge is 2.25. The average molecular weight is 190 g/mol. The highest BCUT2D eigenvalue weighted by Crippen LogP contribution is 2.30. The number of hydrogen-bond donors (Lipinski definition) is 0. The Morgan fingerprint density at radius 3 is 3.07 bits per heavy atom. The van der Waals surface area contributed by atoms with Crippen molar-refractivity contribution in [3.63, 3.8) is 0 Å². The van der Waals surface area contributed by atoms with Crippen LogP contribution in [0.15, 0.2) is 36.7 Å². The SMILES string of the molecule is C[N+]1([O-])CCC=C[C@@H]1c1cccnc1. The molecule has 0 bridgehead atoms. The maximum atomic E-state index is 12.1. The quantitative estimate of drug-likeness (QED) is 0.386. The van der Waals surface area contributed by atoms with Crippen LogP contribution in [0.2, 0.25) is 0 Å². The van der Waals surface area contributed by atoms with Crippen molar-refractivity contribution in [1.29, 1.82) is 0 Å². The third-order valence-corrected chi connectivity index (χ3v) is 2.67. The first-order chi connectivity index (χ1) is 6.70.